The van der Waals surface area contributed by atoms with Gasteiger partial charge in [0.2, 0.25) is 17.7 Å². The lowest BCUT2D eigenvalue weighted by molar-refractivity contribution is -0.144. The van der Waals surface area contributed by atoms with Gasteiger partial charge in [-0.15, -0.1) is 0 Å². The fraction of sp³-hybridized carbons (Fsp3) is 0.565. The van der Waals surface area contributed by atoms with E-state index in [1.54, 1.807) is 31.2 Å². The fourth-order valence-electron chi connectivity index (χ4n) is 3.87. The van der Waals surface area contributed by atoms with E-state index in [-0.39, 0.29) is 18.2 Å². The average molecular weight is 447 g/mol. The molecule has 4 atom stereocenters. The van der Waals surface area contributed by atoms with E-state index in [0.29, 0.717) is 25.8 Å². The van der Waals surface area contributed by atoms with Gasteiger partial charge in [-0.2, -0.15) is 0 Å². The van der Waals surface area contributed by atoms with Gasteiger partial charge < -0.3 is 26.4 Å². The Hall–Kier alpha value is -2.94. The van der Waals surface area contributed by atoms with E-state index in [2.05, 4.69) is 10.6 Å². The van der Waals surface area contributed by atoms with Crippen LogP contribution in [0.2, 0.25) is 0 Å². The van der Waals surface area contributed by atoms with E-state index < -0.39 is 42.0 Å². The molecule has 9 nitrogen and oxygen atoms in total. The summed E-state index contributed by atoms with van der Waals surface area (Å²) in [5.41, 5.74) is 6.67. The molecule has 2 rings (SSSR count). The molecule has 0 aliphatic carbocycles. The summed E-state index contributed by atoms with van der Waals surface area (Å²) < 4.78 is 0. The van der Waals surface area contributed by atoms with Crippen molar-refractivity contribution in [3.8, 4) is 0 Å². The Morgan fingerprint density at radius 2 is 1.78 bits per heavy atom. The second-order valence-electron chi connectivity index (χ2n) is 8.75. The largest absolute Gasteiger partial charge is 0.480 e. The van der Waals surface area contributed by atoms with Gasteiger partial charge in [0, 0.05) is 13.0 Å². The van der Waals surface area contributed by atoms with Gasteiger partial charge in [-0.3, -0.25) is 14.4 Å². The fourth-order valence-corrected chi connectivity index (χ4v) is 3.87. The lowest BCUT2D eigenvalue weighted by Gasteiger charge is -2.28. The predicted molar refractivity (Wildman–Crippen MR) is 119 cm³/mol. The summed E-state index contributed by atoms with van der Waals surface area (Å²) in [6.45, 7) is 5.84. The molecular formula is C23H34N4O5. The molecule has 32 heavy (non-hydrogen) atoms. The molecule has 1 aliphatic rings. The average Bonchev–Trinajstić information content (AvgIpc) is 3.22. The van der Waals surface area contributed by atoms with Crippen LogP contribution >= 0.6 is 0 Å². The van der Waals surface area contributed by atoms with E-state index in [4.69, 9.17) is 5.73 Å². The molecule has 1 aliphatic heterocycles. The molecule has 0 bridgehead atoms. The summed E-state index contributed by atoms with van der Waals surface area (Å²) in [6, 6.07) is 5.59. The number of likely N-dealkylation sites (tertiary alicyclic amines) is 1. The Balaban J connectivity index is 2.00. The van der Waals surface area contributed by atoms with Crippen molar-refractivity contribution in [2.24, 2.45) is 11.7 Å². The second-order valence-corrected chi connectivity index (χ2v) is 8.75. The van der Waals surface area contributed by atoms with Crippen LogP contribution in [0.1, 0.15) is 45.6 Å². The van der Waals surface area contributed by atoms with Crippen LogP contribution in [-0.2, 0) is 25.6 Å². The van der Waals surface area contributed by atoms with Gasteiger partial charge in [-0.1, -0.05) is 44.2 Å². The summed E-state index contributed by atoms with van der Waals surface area (Å²) in [4.78, 5) is 51.2. The molecule has 0 radical (unpaired) electrons. The highest BCUT2D eigenvalue weighted by molar-refractivity contribution is 5.94. The standard InChI is InChI=1S/C23H34N4O5/c1-14(2)12-17(24)20(28)25-15(3)22(30)27-11-7-10-19(27)21(29)26-18(23(31)32)13-16-8-5-4-6-9-16/h4-6,8-9,14-15,17-19H,7,10-13,24H2,1-3H3,(H,25,28)(H,26,29)(H,31,32)/t15-,17-,18-,19-/m0/s1. The van der Waals surface area contributed by atoms with E-state index in [9.17, 15) is 24.3 Å². The normalized spacial score (nSPS) is 18.7. The molecule has 1 fully saturated rings. The molecule has 1 aromatic rings. The third-order valence-electron chi connectivity index (χ3n) is 5.53. The number of rotatable bonds is 10. The summed E-state index contributed by atoms with van der Waals surface area (Å²) >= 11 is 0. The molecule has 0 aromatic heterocycles. The summed E-state index contributed by atoms with van der Waals surface area (Å²) in [7, 11) is 0. The van der Waals surface area contributed by atoms with Crippen LogP contribution < -0.4 is 16.4 Å². The molecule has 0 saturated carbocycles. The first kappa shape index (κ1) is 25.3. The van der Waals surface area contributed by atoms with Gasteiger partial charge in [-0.05, 0) is 37.7 Å². The maximum absolute atomic E-state index is 12.9. The van der Waals surface area contributed by atoms with Crippen LogP contribution in [0.25, 0.3) is 0 Å². The third-order valence-corrected chi connectivity index (χ3v) is 5.53. The third kappa shape index (κ3) is 7.05. The lowest BCUT2D eigenvalue weighted by Crippen LogP contribution is -2.56. The van der Waals surface area contributed by atoms with Crippen molar-refractivity contribution in [1.29, 1.82) is 0 Å². The summed E-state index contributed by atoms with van der Waals surface area (Å²) in [5.74, 6) is -2.20. The minimum atomic E-state index is -1.14. The maximum atomic E-state index is 12.9. The van der Waals surface area contributed by atoms with Crippen LogP contribution in [0.15, 0.2) is 30.3 Å². The minimum Gasteiger partial charge on any atom is -0.480 e. The molecular weight excluding hydrogens is 412 g/mol. The van der Waals surface area contributed by atoms with E-state index in [1.165, 1.54) is 4.90 Å². The lowest BCUT2D eigenvalue weighted by atomic mass is 10.0. The summed E-state index contributed by atoms with van der Waals surface area (Å²) in [5, 5.41) is 14.8. The monoisotopic (exact) mass is 446 g/mol. The number of amides is 3. The molecule has 5 N–H and O–H groups in total. The number of carbonyl (C=O) groups excluding carboxylic acids is 3. The number of hydrogen-bond donors (Lipinski definition) is 4. The van der Waals surface area contributed by atoms with E-state index in [0.717, 1.165) is 5.56 Å². The molecule has 9 heteroatoms. The maximum Gasteiger partial charge on any atom is 0.326 e. The van der Waals surface area contributed by atoms with Gasteiger partial charge >= 0.3 is 5.97 Å². The van der Waals surface area contributed by atoms with Crippen molar-refractivity contribution >= 4 is 23.7 Å². The number of carboxylic acids is 1. The van der Waals surface area contributed by atoms with Crippen molar-refractivity contribution < 1.29 is 24.3 Å². The van der Waals surface area contributed by atoms with Gasteiger partial charge in [0.05, 0.1) is 6.04 Å². The van der Waals surface area contributed by atoms with Crippen LogP contribution in [0.3, 0.4) is 0 Å². The zero-order chi connectivity index (χ0) is 23.8. The van der Waals surface area contributed by atoms with Crippen LogP contribution in [-0.4, -0.2) is 64.4 Å². The summed E-state index contributed by atoms with van der Waals surface area (Å²) in [6.07, 6.45) is 1.69. The molecule has 3 amide bonds. The Kier molecular flexibility index (Phi) is 9.19. The second kappa shape index (κ2) is 11.6. The van der Waals surface area contributed by atoms with E-state index in [1.807, 2.05) is 19.9 Å². The molecule has 1 saturated heterocycles. The van der Waals surface area contributed by atoms with Gasteiger partial charge in [0.1, 0.15) is 18.1 Å². The van der Waals surface area contributed by atoms with Gasteiger partial charge in [0.25, 0.3) is 0 Å². The Labute approximate surface area is 188 Å². The SMILES string of the molecule is CC(C)C[C@H](N)C(=O)N[C@@H](C)C(=O)N1CCC[C@H]1C(=O)N[C@@H](Cc1ccccc1)C(=O)O. The highest BCUT2D eigenvalue weighted by Crippen LogP contribution is 2.19. The van der Waals surface area contributed by atoms with Crippen LogP contribution in [0.4, 0.5) is 0 Å². The van der Waals surface area contributed by atoms with E-state index >= 15 is 0 Å². The molecule has 176 valence electrons. The highest BCUT2D eigenvalue weighted by atomic mass is 16.4. The molecule has 0 unspecified atom stereocenters. The smallest absolute Gasteiger partial charge is 0.326 e. The Morgan fingerprint density at radius 3 is 2.38 bits per heavy atom. The molecule has 1 aromatic carbocycles. The van der Waals surface area contributed by atoms with Crippen LogP contribution in [0, 0.1) is 5.92 Å². The van der Waals surface area contributed by atoms with Crippen molar-refractivity contribution in [2.75, 3.05) is 6.54 Å². The highest BCUT2D eigenvalue weighted by Gasteiger charge is 2.38. The van der Waals surface area contributed by atoms with Gasteiger partial charge in [-0.25, -0.2) is 4.79 Å². The molecule has 1 heterocycles. The number of hydrogen-bond acceptors (Lipinski definition) is 5. The first-order valence-corrected chi connectivity index (χ1v) is 11.0. The topological polar surface area (TPSA) is 142 Å². The van der Waals surface area contributed by atoms with Crippen LogP contribution in [0.5, 0.6) is 0 Å². The minimum absolute atomic E-state index is 0.142. The number of nitrogens with one attached hydrogen (secondary N) is 2. The first-order valence-electron chi connectivity index (χ1n) is 11.0. The number of carboxylic acid groups (broad SMARTS) is 1. The number of nitrogens with two attached hydrogens (primary N) is 1. The number of carbonyl (C=O) groups is 4. The van der Waals surface area contributed by atoms with Crippen molar-refractivity contribution in [3.05, 3.63) is 35.9 Å². The molecule has 0 spiro atoms. The Bertz CT molecular complexity index is 814. The number of nitrogens with zero attached hydrogens (tertiary/aromatic N) is 1. The van der Waals surface area contributed by atoms with Crippen molar-refractivity contribution in [2.45, 2.75) is 70.6 Å². The van der Waals surface area contributed by atoms with Crippen molar-refractivity contribution in [3.63, 3.8) is 0 Å². The quantitative estimate of drug-likeness (QED) is 0.416. The zero-order valence-corrected chi connectivity index (χ0v) is 18.9. The zero-order valence-electron chi connectivity index (χ0n) is 18.9. The van der Waals surface area contributed by atoms with Crippen molar-refractivity contribution in [1.82, 2.24) is 15.5 Å². The van der Waals surface area contributed by atoms with Gasteiger partial charge in [0.15, 0.2) is 0 Å². The first-order chi connectivity index (χ1) is 15.1. The number of benzene rings is 1. The number of aliphatic carboxylic acids is 1. The Morgan fingerprint density at radius 1 is 1.12 bits per heavy atom. The predicted octanol–water partition coefficient (Wildman–Crippen LogP) is 0.668.